The van der Waals surface area contributed by atoms with Gasteiger partial charge in [-0.25, -0.2) is 0 Å². The van der Waals surface area contributed by atoms with E-state index in [0.29, 0.717) is 5.57 Å². The SMILES string of the molecule is C=C(C)C(=O)NC(Cl)CCN(C)C. The number of hydrogen-bond donors (Lipinski definition) is 1. The highest BCUT2D eigenvalue weighted by atomic mass is 35.5. The molecule has 0 saturated carbocycles. The maximum atomic E-state index is 11.1. The zero-order chi connectivity index (χ0) is 10.4. The van der Waals surface area contributed by atoms with Crippen molar-refractivity contribution in [2.75, 3.05) is 20.6 Å². The third-order valence-electron chi connectivity index (χ3n) is 1.51. The molecule has 0 spiro atoms. The van der Waals surface area contributed by atoms with Gasteiger partial charge in [0.2, 0.25) is 5.91 Å². The Morgan fingerprint density at radius 1 is 1.62 bits per heavy atom. The van der Waals surface area contributed by atoms with Crippen molar-refractivity contribution < 1.29 is 4.79 Å². The highest BCUT2D eigenvalue weighted by Crippen LogP contribution is 2.00. The van der Waals surface area contributed by atoms with Crippen molar-refractivity contribution in [1.29, 1.82) is 0 Å². The Kier molecular flexibility index (Phi) is 5.75. The summed E-state index contributed by atoms with van der Waals surface area (Å²) in [5.41, 5.74) is 0.169. The number of alkyl halides is 1. The van der Waals surface area contributed by atoms with Crippen LogP contribution in [-0.2, 0) is 4.79 Å². The molecule has 1 unspecified atom stereocenters. The first-order chi connectivity index (χ1) is 5.93. The Hall–Kier alpha value is -0.540. The number of carbonyl (C=O) groups excluding carboxylic acids is 1. The molecule has 0 rings (SSSR count). The molecule has 76 valence electrons. The predicted molar refractivity (Wildman–Crippen MR) is 55.8 cm³/mol. The number of rotatable bonds is 5. The lowest BCUT2D eigenvalue weighted by Crippen LogP contribution is -2.33. The average Bonchev–Trinajstić information content (AvgIpc) is 2.00. The normalized spacial score (nSPS) is 12.7. The summed E-state index contributed by atoms with van der Waals surface area (Å²) in [6.07, 6.45) is 0.730. The van der Waals surface area contributed by atoms with Crippen LogP contribution in [0.4, 0.5) is 0 Å². The summed E-state index contributed by atoms with van der Waals surface area (Å²) < 4.78 is 0. The lowest BCUT2D eigenvalue weighted by molar-refractivity contribution is -0.117. The van der Waals surface area contributed by atoms with E-state index in [1.54, 1.807) is 6.92 Å². The molecule has 0 fully saturated rings. The number of hydrogen-bond acceptors (Lipinski definition) is 2. The highest BCUT2D eigenvalue weighted by molar-refractivity contribution is 6.21. The van der Waals surface area contributed by atoms with Gasteiger partial charge in [0.1, 0.15) is 5.50 Å². The van der Waals surface area contributed by atoms with Gasteiger partial charge in [-0.2, -0.15) is 0 Å². The topological polar surface area (TPSA) is 32.3 Å². The van der Waals surface area contributed by atoms with E-state index < -0.39 is 0 Å². The maximum absolute atomic E-state index is 11.1. The van der Waals surface area contributed by atoms with Crippen molar-refractivity contribution in [2.24, 2.45) is 0 Å². The average molecular weight is 205 g/mol. The van der Waals surface area contributed by atoms with Crippen LogP contribution in [0.15, 0.2) is 12.2 Å². The Morgan fingerprint density at radius 2 is 2.15 bits per heavy atom. The van der Waals surface area contributed by atoms with Crippen molar-refractivity contribution in [3.05, 3.63) is 12.2 Å². The molecule has 3 nitrogen and oxygen atoms in total. The fourth-order valence-electron chi connectivity index (χ4n) is 0.709. The van der Waals surface area contributed by atoms with Crippen LogP contribution in [0.2, 0.25) is 0 Å². The molecule has 4 heteroatoms. The maximum Gasteiger partial charge on any atom is 0.247 e. The molecule has 1 atom stereocenters. The van der Waals surface area contributed by atoms with Crippen molar-refractivity contribution in [1.82, 2.24) is 10.2 Å². The number of nitrogens with zero attached hydrogens (tertiary/aromatic N) is 1. The van der Waals surface area contributed by atoms with E-state index in [2.05, 4.69) is 11.9 Å². The first-order valence-electron chi connectivity index (χ1n) is 4.18. The van der Waals surface area contributed by atoms with Gasteiger partial charge in [-0.3, -0.25) is 4.79 Å². The van der Waals surface area contributed by atoms with Crippen LogP contribution >= 0.6 is 11.6 Å². The van der Waals surface area contributed by atoms with E-state index in [9.17, 15) is 4.79 Å². The van der Waals surface area contributed by atoms with Crippen LogP contribution in [0, 0.1) is 0 Å². The molecular formula is C9H17ClN2O. The third-order valence-corrected chi connectivity index (χ3v) is 1.83. The van der Waals surface area contributed by atoms with Crippen LogP contribution in [-0.4, -0.2) is 36.9 Å². The van der Waals surface area contributed by atoms with Gasteiger partial charge in [-0.05, 0) is 27.4 Å². The van der Waals surface area contributed by atoms with Gasteiger partial charge in [0.25, 0.3) is 0 Å². The summed E-state index contributed by atoms with van der Waals surface area (Å²) in [6.45, 7) is 6.03. The van der Waals surface area contributed by atoms with Gasteiger partial charge < -0.3 is 10.2 Å². The minimum Gasteiger partial charge on any atom is -0.336 e. The van der Waals surface area contributed by atoms with E-state index in [1.165, 1.54) is 0 Å². The van der Waals surface area contributed by atoms with Gasteiger partial charge >= 0.3 is 0 Å². The first-order valence-corrected chi connectivity index (χ1v) is 4.62. The Bertz CT molecular complexity index is 192. The first kappa shape index (κ1) is 12.5. The third kappa shape index (κ3) is 6.61. The fourth-order valence-corrected chi connectivity index (χ4v) is 0.906. The van der Waals surface area contributed by atoms with Crippen LogP contribution in [0.1, 0.15) is 13.3 Å². The summed E-state index contributed by atoms with van der Waals surface area (Å²) in [5.74, 6) is -0.182. The Morgan fingerprint density at radius 3 is 2.54 bits per heavy atom. The second-order valence-electron chi connectivity index (χ2n) is 3.31. The molecule has 0 aliphatic heterocycles. The Labute approximate surface area is 84.7 Å². The molecular weight excluding hydrogens is 188 g/mol. The molecule has 0 heterocycles. The molecule has 0 aromatic heterocycles. The zero-order valence-corrected chi connectivity index (χ0v) is 9.19. The quantitative estimate of drug-likeness (QED) is 0.415. The molecule has 0 aromatic rings. The smallest absolute Gasteiger partial charge is 0.247 e. The largest absolute Gasteiger partial charge is 0.336 e. The summed E-state index contributed by atoms with van der Waals surface area (Å²) in [4.78, 5) is 13.1. The molecule has 1 N–H and O–H groups in total. The summed E-state index contributed by atoms with van der Waals surface area (Å²) >= 11 is 5.86. The second kappa shape index (κ2) is 6.00. The van der Waals surface area contributed by atoms with Gasteiger partial charge in [-0.15, -0.1) is 0 Å². The number of carbonyl (C=O) groups is 1. The van der Waals surface area contributed by atoms with Crippen LogP contribution < -0.4 is 5.32 Å². The Balaban J connectivity index is 3.68. The van der Waals surface area contributed by atoms with E-state index in [1.807, 2.05) is 19.0 Å². The summed E-state index contributed by atoms with van der Waals surface area (Å²) in [6, 6.07) is 0. The molecule has 0 saturated heterocycles. The van der Waals surface area contributed by atoms with Crippen molar-refractivity contribution >= 4 is 17.5 Å². The molecule has 0 aromatic carbocycles. The van der Waals surface area contributed by atoms with E-state index in [0.717, 1.165) is 13.0 Å². The minimum absolute atomic E-state index is 0.182. The van der Waals surface area contributed by atoms with Crippen LogP contribution in [0.25, 0.3) is 0 Å². The summed E-state index contributed by atoms with van der Waals surface area (Å²) in [7, 11) is 3.92. The lowest BCUT2D eigenvalue weighted by atomic mass is 10.3. The van der Waals surface area contributed by atoms with Crippen LogP contribution in [0.5, 0.6) is 0 Å². The molecule has 0 aliphatic carbocycles. The van der Waals surface area contributed by atoms with E-state index >= 15 is 0 Å². The number of halogens is 1. The van der Waals surface area contributed by atoms with Crippen molar-refractivity contribution in [2.45, 2.75) is 18.8 Å². The highest BCUT2D eigenvalue weighted by Gasteiger charge is 2.08. The van der Waals surface area contributed by atoms with Gasteiger partial charge in [0.15, 0.2) is 0 Å². The monoisotopic (exact) mass is 204 g/mol. The predicted octanol–water partition coefficient (Wildman–Crippen LogP) is 1.20. The zero-order valence-electron chi connectivity index (χ0n) is 8.43. The molecule has 0 bridgehead atoms. The number of amides is 1. The number of nitrogens with one attached hydrogen (secondary N) is 1. The van der Waals surface area contributed by atoms with Gasteiger partial charge in [-0.1, -0.05) is 18.2 Å². The molecule has 0 radical (unpaired) electrons. The van der Waals surface area contributed by atoms with E-state index in [4.69, 9.17) is 11.6 Å². The lowest BCUT2D eigenvalue weighted by Gasteiger charge is -2.14. The van der Waals surface area contributed by atoms with Crippen molar-refractivity contribution in [3.8, 4) is 0 Å². The van der Waals surface area contributed by atoms with Crippen LogP contribution in [0.3, 0.4) is 0 Å². The van der Waals surface area contributed by atoms with Crippen molar-refractivity contribution in [3.63, 3.8) is 0 Å². The second-order valence-corrected chi connectivity index (χ2v) is 3.84. The van der Waals surface area contributed by atoms with E-state index in [-0.39, 0.29) is 11.4 Å². The molecule has 1 amide bonds. The minimum atomic E-state index is -0.313. The fraction of sp³-hybridized carbons (Fsp3) is 0.667. The van der Waals surface area contributed by atoms with Gasteiger partial charge in [0, 0.05) is 12.1 Å². The molecule has 13 heavy (non-hydrogen) atoms. The molecule has 0 aliphatic rings. The van der Waals surface area contributed by atoms with Gasteiger partial charge in [0.05, 0.1) is 0 Å². The summed E-state index contributed by atoms with van der Waals surface area (Å²) in [5, 5.41) is 2.63. The standard InChI is InChI=1S/C9H17ClN2O/c1-7(2)9(13)11-8(10)5-6-12(3)4/h8H,1,5-6H2,2-4H3,(H,11,13).